The topological polar surface area (TPSA) is 69.6 Å². The van der Waals surface area contributed by atoms with Crippen molar-refractivity contribution in [1.82, 2.24) is 5.32 Å². The molecule has 2 aromatic rings. The molecule has 1 amide bonds. The molecule has 0 unspecified atom stereocenters. The van der Waals surface area contributed by atoms with Crippen molar-refractivity contribution in [3.63, 3.8) is 0 Å². The number of amides is 1. The standard InChI is InChI=1S/C15H17NO3S/c17-9-8-12(13-7-4-10-20-13)16-15(19)14(18)11-5-2-1-3-6-11/h1-7,10,12,14,17-18H,8-9H2,(H,16,19)/t12-,14-/m1/s1. The molecule has 5 heteroatoms. The number of thiophene rings is 1. The highest BCUT2D eigenvalue weighted by Gasteiger charge is 2.21. The predicted octanol–water partition coefficient (Wildman–Crippen LogP) is 2.02. The Hall–Kier alpha value is -1.69. The largest absolute Gasteiger partial charge is 0.396 e. The molecule has 106 valence electrons. The Bertz CT molecular complexity index is 527. The van der Waals surface area contributed by atoms with Crippen LogP contribution in [0.15, 0.2) is 47.8 Å². The number of carbonyl (C=O) groups excluding carboxylic acids is 1. The first kappa shape index (κ1) is 14.7. The molecule has 1 aromatic carbocycles. The molecule has 0 radical (unpaired) electrons. The molecule has 0 bridgehead atoms. The summed E-state index contributed by atoms with van der Waals surface area (Å²) in [7, 11) is 0. The molecule has 4 nitrogen and oxygen atoms in total. The van der Waals surface area contributed by atoms with Crippen LogP contribution in [0.4, 0.5) is 0 Å². The number of carbonyl (C=O) groups is 1. The second-order valence-corrected chi connectivity index (χ2v) is 5.38. The minimum absolute atomic E-state index is 0.0235. The molecule has 0 aliphatic rings. The van der Waals surface area contributed by atoms with Gasteiger partial charge < -0.3 is 15.5 Å². The molecule has 0 fully saturated rings. The van der Waals surface area contributed by atoms with Gasteiger partial charge in [-0.15, -0.1) is 11.3 Å². The van der Waals surface area contributed by atoms with Gasteiger partial charge in [-0.2, -0.15) is 0 Å². The quantitative estimate of drug-likeness (QED) is 0.762. The van der Waals surface area contributed by atoms with Crippen molar-refractivity contribution in [2.24, 2.45) is 0 Å². The SMILES string of the molecule is O=C(N[C@H](CCO)c1cccs1)[C@H](O)c1ccccc1. The second-order valence-electron chi connectivity index (χ2n) is 4.40. The van der Waals surface area contributed by atoms with Crippen LogP contribution in [-0.4, -0.2) is 22.7 Å². The third kappa shape index (κ3) is 3.66. The second kappa shape index (κ2) is 7.19. The van der Waals surface area contributed by atoms with Gasteiger partial charge in [-0.3, -0.25) is 4.79 Å². The van der Waals surface area contributed by atoms with Gasteiger partial charge in [0.25, 0.3) is 5.91 Å². The molecule has 2 rings (SSSR count). The zero-order valence-electron chi connectivity index (χ0n) is 10.9. The minimum atomic E-state index is -1.20. The summed E-state index contributed by atoms with van der Waals surface area (Å²) < 4.78 is 0. The van der Waals surface area contributed by atoms with Crippen LogP contribution in [0.1, 0.15) is 29.0 Å². The van der Waals surface area contributed by atoms with Crippen molar-refractivity contribution in [2.75, 3.05) is 6.61 Å². The van der Waals surface area contributed by atoms with Gasteiger partial charge in [-0.1, -0.05) is 36.4 Å². The zero-order chi connectivity index (χ0) is 14.4. The summed E-state index contributed by atoms with van der Waals surface area (Å²) in [5, 5.41) is 23.8. The van der Waals surface area contributed by atoms with E-state index in [1.165, 1.54) is 11.3 Å². The smallest absolute Gasteiger partial charge is 0.253 e. The van der Waals surface area contributed by atoms with Gasteiger partial charge in [-0.05, 0) is 23.4 Å². The van der Waals surface area contributed by atoms with E-state index in [1.54, 1.807) is 24.3 Å². The molecular weight excluding hydrogens is 274 g/mol. The molecule has 2 atom stereocenters. The van der Waals surface area contributed by atoms with Gasteiger partial charge in [0, 0.05) is 11.5 Å². The van der Waals surface area contributed by atoms with E-state index in [9.17, 15) is 9.90 Å². The first-order chi connectivity index (χ1) is 9.72. The maximum atomic E-state index is 12.1. The van der Waals surface area contributed by atoms with Crippen molar-refractivity contribution in [3.05, 3.63) is 58.3 Å². The fraction of sp³-hybridized carbons (Fsp3) is 0.267. The Balaban J connectivity index is 2.05. The fourth-order valence-electron chi connectivity index (χ4n) is 1.94. The maximum absolute atomic E-state index is 12.1. The Morgan fingerprint density at radius 3 is 2.55 bits per heavy atom. The number of aliphatic hydroxyl groups is 2. The highest BCUT2D eigenvalue weighted by molar-refractivity contribution is 7.10. The molecule has 3 N–H and O–H groups in total. The van der Waals surface area contributed by atoms with Crippen LogP contribution in [0.3, 0.4) is 0 Å². The maximum Gasteiger partial charge on any atom is 0.253 e. The van der Waals surface area contributed by atoms with Crippen LogP contribution >= 0.6 is 11.3 Å². The van der Waals surface area contributed by atoms with E-state index in [4.69, 9.17) is 5.11 Å². The van der Waals surface area contributed by atoms with E-state index >= 15 is 0 Å². The van der Waals surface area contributed by atoms with Crippen molar-refractivity contribution >= 4 is 17.2 Å². The lowest BCUT2D eigenvalue weighted by atomic mass is 10.1. The number of aliphatic hydroxyl groups excluding tert-OH is 2. The summed E-state index contributed by atoms with van der Waals surface area (Å²) >= 11 is 1.51. The van der Waals surface area contributed by atoms with E-state index in [1.807, 2.05) is 23.6 Å². The van der Waals surface area contributed by atoms with Gasteiger partial charge >= 0.3 is 0 Å². The average molecular weight is 291 g/mol. The lowest BCUT2D eigenvalue weighted by Gasteiger charge is -2.19. The summed E-state index contributed by atoms with van der Waals surface area (Å²) in [6, 6.07) is 12.3. The highest BCUT2D eigenvalue weighted by atomic mass is 32.1. The van der Waals surface area contributed by atoms with E-state index in [0.717, 1.165) is 4.88 Å². The Morgan fingerprint density at radius 1 is 1.20 bits per heavy atom. The number of rotatable bonds is 6. The Morgan fingerprint density at radius 2 is 1.95 bits per heavy atom. The van der Waals surface area contributed by atoms with Gasteiger partial charge in [0.05, 0.1) is 6.04 Å². The Labute approximate surface area is 121 Å². The summed E-state index contributed by atoms with van der Waals surface area (Å²) in [5.41, 5.74) is 0.555. The van der Waals surface area contributed by atoms with Gasteiger partial charge in [-0.25, -0.2) is 0 Å². The van der Waals surface area contributed by atoms with E-state index in [0.29, 0.717) is 12.0 Å². The van der Waals surface area contributed by atoms with Crippen LogP contribution in [0, 0.1) is 0 Å². The van der Waals surface area contributed by atoms with Crippen molar-refractivity contribution < 1.29 is 15.0 Å². The minimum Gasteiger partial charge on any atom is -0.396 e. The van der Waals surface area contributed by atoms with Gasteiger partial charge in [0.15, 0.2) is 6.10 Å². The van der Waals surface area contributed by atoms with Crippen LogP contribution in [-0.2, 0) is 4.79 Å². The number of nitrogens with one attached hydrogen (secondary N) is 1. The van der Waals surface area contributed by atoms with Crippen molar-refractivity contribution in [3.8, 4) is 0 Å². The predicted molar refractivity (Wildman–Crippen MR) is 78.3 cm³/mol. The molecule has 0 aliphatic carbocycles. The normalized spacial score (nSPS) is 13.7. The molecule has 20 heavy (non-hydrogen) atoms. The lowest BCUT2D eigenvalue weighted by molar-refractivity contribution is -0.130. The average Bonchev–Trinajstić information content (AvgIpc) is 3.01. The van der Waals surface area contributed by atoms with E-state index in [2.05, 4.69) is 5.32 Å². The summed E-state index contributed by atoms with van der Waals surface area (Å²) in [6.07, 6.45) is -0.773. The first-order valence-electron chi connectivity index (χ1n) is 6.40. The summed E-state index contributed by atoms with van der Waals surface area (Å²) in [5.74, 6) is -0.456. The third-order valence-electron chi connectivity index (χ3n) is 2.98. The summed E-state index contributed by atoms with van der Waals surface area (Å²) in [4.78, 5) is 13.1. The van der Waals surface area contributed by atoms with Gasteiger partial charge in [0.1, 0.15) is 0 Å². The first-order valence-corrected chi connectivity index (χ1v) is 7.28. The van der Waals surface area contributed by atoms with Crippen LogP contribution in [0.25, 0.3) is 0 Å². The zero-order valence-corrected chi connectivity index (χ0v) is 11.7. The van der Waals surface area contributed by atoms with E-state index in [-0.39, 0.29) is 12.6 Å². The Kier molecular flexibility index (Phi) is 5.29. The van der Waals surface area contributed by atoms with Crippen molar-refractivity contribution in [1.29, 1.82) is 0 Å². The monoisotopic (exact) mass is 291 g/mol. The number of hydrogen-bond acceptors (Lipinski definition) is 4. The fourth-order valence-corrected chi connectivity index (χ4v) is 2.75. The third-order valence-corrected chi connectivity index (χ3v) is 3.97. The molecule has 0 spiro atoms. The van der Waals surface area contributed by atoms with Crippen LogP contribution in [0.2, 0.25) is 0 Å². The number of hydrogen-bond donors (Lipinski definition) is 3. The lowest BCUT2D eigenvalue weighted by Crippen LogP contribution is -2.33. The molecule has 1 aromatic heterocycles. The highest BCUT2D eigenvalue weighted by Crippen LogP contribution is 2.23. The molecular formula is C15H17NO3S. The van der Waals surface area contributed by atoms with Crippen molar-refractivity contribution in [2.45, 2.75) is 18.6 Å². The van der Waals surface area contributed by atoms with Crippen LogP contribution in [0.5, 0.6) is 0 Å². The van der Waals surface area contributed by atoms with Crippen LogP contribution < -0.4 is 5.32 Å². The molecule has 1 heterocycles. The van der Waals surface area contributed by atoms with Gasteiger partial charge in [0.2, 0.25) is 0 Å². The molecule has 0 saturated heterocycles. The molecule has 0 saturated carbocycles. The molecule has 0 aliphatic heterocycles. The number of benzene rings is 1. The summed E-state index contributed by atoms with van der Waals surface area (Å²) in [6.45, 7) is -0.0235. The van der Waals surface area contributed by atoms with E-state index < -0.39 is 12.0 Å².